The van der Waals surface area contributed by atoms with Crippen LogP contribution in [-0.4, -0.2) is 60.8 Å². The van der Waals surface area contributed by atoms with Gasteiger partial charge in [-0.2, -0.15) is 5.26 Å². The molecule has 7 heteroatoms. The molecule has 1 aliphatic rings. The van der Waals surface area contributed by atoms with Gasteiger partial charge in [0, 0.05) is 13.1 Å². The Morgan fingerprint density at radius 2 is 2.11 bits per heavy atom. The monoisotopic (exact) mass is 255 g/mol. The molecule has 0 bridgehead atoms. The first-order chi connectivity index (χ1) is 8.69. The molecule has 0 unspecified atom stereocenters. The van der Waals surface area contributed by atoms with Gasteiger partial charge < -0.3 is 20.1 Å². The molecule has 18 heavy (non-hydrogen) atoms. The van der Waals surface area contributed by atoms with Gasteiger partial charge in [0.05, 0.1) is 25.4 Å². The van der Waals surface area contributed by atoms with Crippen molar-refractivity contribution < 1.29 is 19.4 Å². The first-order valence-electron chi connectivity index (χ1n) is 5.85. The zero-order chi connectivity index (χ0) is 13.4. The lowest BCUT2D eigenvalue weighted by atomic mass is 10.1. The maximum absolute atomic E-state index is 11.6. The van der Waals surface area contributed by atoms with E-state index in [9.17, 15) is 9.59 Å². The molecule has 1 aliphatic heterocycles. The van der Waals surface area contributed by atoms with E-state index in [0.717, 1.165) is 0 Å². The summed E-state index contributed by atoms with van der Waals surface area (Å²) in [6.07, 6.45) is 1.33. The molecule has 1 heterocycles. The maximum Gasteiger partial charge on any atom is 0.311 e. The lowest BCUT2D eigenvalue weighted by Gasteiger charge is -2.31. The summed E-state index contributed by atoms with van der Waals surface area (Å²) in [5.74, 6) is -1.35. The number of nitrogens with zero attached hydrogens (tertiary/aromatic N) is 2. The number of amides is 2. The van der Waals surface area contributed by atoms with E-state index >= 15 is 0 Å². The highest BCUT2D eigenvalue weighted by atomic mass is 16.5. The molecule has 2 amide bonds. The van der Waals surface area contributed by atoms with E-state index in [2.05, 4.69) is 5.32 Å². The molecule has 1 rings (SSSR count). The Morgan fingerprint density at radius 3 is 2.67 bits per heavy atom. The quantitative estimate of drug-likeness (QED) is 0.476. The first-order valence-corrected chi connectivity index (χ1v) is 5.85. The molecule has 0 spiro atoms. The number of piperidine rings is 1. The number of hydrogen-bond acceptors (Lipinski definition) is 5. The van der Waals surface area contributed by atoms with E-state index < -0.39 is 11.8 Å². The van der Waals surface area contributed by atoms with Crippen molar-refractivity contribution >= 4 is 11.8 Å². The predicted octanol–water partition coefficient (Wildman–Crippen LogP) is -1.37. The molecule has 0 aromatic rings. The van der Waals surface area contributed by atoms with Crippen LogP contribution in [-0.2, 0) is 14.3 Å². The molecule has 1 saturated heterocycles. The number of nitriles is 1. The summed E-state index contributed by atoms with van der Waals surface area (Å²) < 4.78 is 5.35. The lowest BCUT2D eigenvalue weighted by molar-refractivity contribution is -0.147. The van der Waals surface area contributed by atoms with Crippen LogP contribution >= 0.6 is 0 Å². The molecule has 2 N–H and O–H groups in total. The van der Waals surface area contributed by atoms with E-state index in [1.165, 1.54) is 4.90 Å². The molecular formula is C11H17N3O4. The maximum atomic E-state index is 11.6. The van der Waals surface area contributed by atoms with Crippen molar-refractivity contribution in [3.63, 3.8) is 0 Å². The largest absolute Gasteiger partial charge is 0.394 e. The third kappa shape index (κ3) is 4.31. The lowest BCUT2D eigenvalue weighted by Crippen LogP contribution is -2.47. The molecule has 0 atom stereocenters. The van der Waals surface area contributed by atoms with Crippen molar-refractivity contribution in [3.8, 4) is 6.07 Å². The SMILES string of the molecule is N#CCNC(=O)C(=O)N1CCC(OCCO)CC1. The van der Waals surface area contributed by atoms with E-state index in [0.29, 0.717) is 32.5 Å². The standard InChI is InChI=1S/C11H17N3O4/c12-3-4-13-10(16)11(17)14-5-1-9(2-6-14)18-8-7-15/h9,15H,1-2,4-8H2,(H,13,16). The van der Waals surface area contributed by atoms with Gasteiger partial charge in [-0.15, -0.1) is 0 Å². The number of nitrogens with one attached hydrogen (secondary N) is 1. The Labute approximate surface area is 105 Å². The molecule has 7 nitrogen and oxygen atoms in total. The summed E-state index contributed by atoms with van der Waals surface area (Å²) in [5.41, 5.74) is 0. The highest BCUT2D eigenvalue weighted by Crippen LogP contribution is 2.13. The Balaban J connectivity index is 2.31. The van der Waals surface area contributed by atoms with Crippen LogP contribution in [0.15, 0.2) is 0 Å². The molecule has 0 radical (unpaired) electrons. The van der Waals surface area contributed by atoms with E-state index in [1.54, 1.807) is 6.07 Å². The third-order valence-electron chi connectivity index (χ3n) is 2.70. The van der Waals surface area contributed by atoms with Gasteiger partial charge >= 0.3 is 11.8 Å². The molecule has 0 aromatic carbocycles. The smallest absolute Gasteiger partial charge is 0.311 e. The molecule has 0 aliphatic carbocycles. The van der Waals surface area contributed by atoms with Gasteiger partial charge in [-0.25, -0.2) is 0 Å². The fourth-order valence-corrected chi connectivity index (χ4v) is 1.78. The second kappa shape index (κ2) is 7.63. The average molecular weight is 255 g/mol. The number of carbonyl (C=O) groups excluding carboxylic acids is 2. The number of ether oxygens (including phenoxy) is 1. The highest BCUT2D eigenvalue weighted by molar-refractivity contribution is 6.35. The molecule has 0 saturated carbocycles. The topological polar surface area (TPSA) is 103 Å². The summed E-state index contributed by atoms with van der Waals surface area (Å²) in [6.45, 7) is 1.02. The van der Waals surface area contributed by atoms with Gasteiger partial charge in [0.1, 0.15) is 6.54 Å². The van der Waals surface area contributed by atoms with E-state index in [1.807, 2.05) is 0 Å². The highest BCUT2D eigenvalue weighted by Gasteiger charge is 2.26. The van der Waals surface area contributed by atoms with Crippen molar-refractivity contribution in [2.24, 2.45) is 0 Å². The van der Waals surface area contributed by atoms with Gasteiger partial charge in [-0.1, -0.05) is 0 Å². The van der Waals surface area contributed by atoms with E-state index in [4.69, 9.17) is 15.1 Å². The second-order valence-corrected chi connectivity index (χ2v) is 3.93. The summed E-state index contributed by atoms with van der Waals surface area (Å²) in [4.78, 5) is 24.4. The van der Waals surface area contributed by atoms with E-state index in [-0.39, 0.29) is 19.3 Å². The van der Waals surface area contributed by atoms with Crippen molar-refractivity contribution in [1.29, 1.82) is 5.26 Å². The van der Waals surface area contributed by atoms with Crippen molar-refractivity contribution in [1.82, 2.24) is 10.2 Å². The fraction of sp³-hybridized carbons (Fsp3) is 0.727. The summed E-state index contributed by atoms with van der Waals surface area (Å²) >= 11 is 0. The van der Waals surface area contributed by atoms with Crippen LogP contribution in [0.2, 0.25) is 0 Å². The van der Waals surface area contributed by atoms with Crippen molar-refractivity contribution in [3.05, 3.63) is 0 Å². The van der Waals surface area contributed by atoms with Crippen LogP contribution in [0.3, 0.4) is 0 Å². The molecule has 100 valence electrons. The van der Waals surface area contributed by atoms with Gasteiger partial charge in [0.2, 0.25) is 0 Å². The van der Waals surface area contributed by atoms with Crippen LogP contribution in [0.4, 0.5) is 0 Å². The van der Waals surface area contributed by atoms with Crippen LogP contribution in [0, 0.1) is 11.3 Å². The minimum absolute atomic E-state index is 0.0181. The number of likely N-dealkylation sites (tertiary alicyclic amines) is 1. The van der Waals surface area contributed by atoms with Crippen LogP contribution < -0.4 is 5.32 Å². The fourth-order valence-electron chi connectivity index (χ4n) is 1.78. The first kappa shape index (κ1) is 14.4. The number of carbonyl (C=O) groups is 2. The minimum Gasteiger partial charge on any atom is -0.394 e. The molecule has 0 aromatic heterocycles. The zero-order valence-electron chi connectivity index (χ0n) is 10.1. The Bertz CT molecular complexity index is 332. The van der Waals surface area contributed by atoms with Crippen LogP contribution in [0.25, 0.3) is 0 Å². The Kier molecular flexibility index (Phi) is 6.11. The molecule has 1 fully saturated rings. The minimum atomic E-state index is -0.744. The zero-order valence-corrected chi connectivity index (χ0v) is 10.1. The van der Waals surface area contributed by atoms with Gasteiger partial charge in [-0.3, -0.25) is 9.59 Å². The summed E-state index contributed by atoms with van der Waals surface area (Å²) in [7, 11) is 0. The van der Waals surface area contributed by atoms with Crippen LogP contribution in [0.5, 0.6) is 0 Å². The van der Waals surface area contributed by atoms with Gasteiger partial charge in [-0.05, 0) is 12.8 Å². The number of hydrogen-bond donors (Lipinski definition) is 2. The van der Waals surface area contributed by atoms with Gasteiger partial charge in [0.15, 0.2) is 0 Å². The number of aliphatic hydroxyl groups is 1. The van der Waals surface area contributed by atoms with Crippen LogP contribution in [0.1, 0.15) is 12.8 Å². The van der Waals surface area contributed by atoms with Crippen molar-refractivity contribution in [2.75, 3.05) is 32.8 Å². The number of aliphatic hydroxyl groups excluding tert-OH is 1. The van der Waals surface area contributed by atoms with Gasteiger partial charge in [0.25, 0.3) is 0 Å². The summed E-state index contributed by atoms with van der Waals surface area (Å²) in [5, 5.41) is 19.1. The Morgan fingerprint density at radius 1 is 1.44 bits per heavy atom. The summed E-state index contributed by atoms with van der Waals surface area (Å²) in [6, 6.07) is 1.74. The Hall–Kier alpha value is -1.65. The predicted molar refractivity (Wildman–Crippen MR) is 61.3 cm³/mol. The normalized spacial score (nSPS) is 16.1. The third-order valence-corrected chi connectivity index (χ3v) is 2.70. The average Bonchev–Trinajstić information content (AvgIpc) is 2.42. The second-order valence-electron chi connectivity index (χ2n) is 3.93. The number of rotatable bonds is 4. The van der Waals surface area contributed by atoms with Crippen molar-refractivity contribution in [2.45, 2.75) is 18.9 Å². The molecular weight excluding hydrogens is 238 g/mol.